The van der Waals surface area contributed by atoms with Crippen molar-refractivity contribution >= 4 is 0 Å². The maximum atomic E-state index is 6.27. The van der Waals surface area contributed by atoms with Crippen LogP contribution in [-0.2, 0) is 0 Å². The zero-order valence-corrected chi connectivity index (χ0v) is 9.89. The molecule has 2 N–H and O–H groups in total. The maximum absolute atomic E-state index is 6.27. The average molecular weight is 191 g/mol. The molecule has 0 bridgehead atoms. The van der Waals surface area contributed by atoms with E-state index in [0.717, 1.165) is 0 Å². The Hall–Kier alpha value is -0.820. The Balaban J connectivity index is 3.19. The maximum Gasteiger partial charge on any atom is 0.0349 e. The molecule has 1 aromatic carbocycles. The molecule has 1 heteroatoms. The lowest BCUT2D eigenvalue weighted by Crippen LogP contribution is -2.27. The van der Waals surface area contributed by atoms with Gasteiger partial charge in [-0.1, -0.05) is 39.0 Å². The molecule has 0 aromatic heterocycles. The minimum atomic E-state index is 0.115. The van der Waals surface area contributed by atoms with Gasteiger partial charge in [0.05, 0.1) is 0 Å². The predicted molar refractivity (Wildman–Crippen MR) is 62.3 cm³/mol. The van der Waals surface area contributed by atoms with Crippen molar-refractivity contribution in [3.8, 4) is 0 Å². The summed E-state index contributed by atoms with van der Waals surface area (Å²) in [6.45, 7) is 10.8. The Labute approximate surface area is 87.3 Å². The Morgan fingerprint density at radius 1 is 1.07 bits per heavy atom. The quantitative estimate of drug-likeness (QED) is 0.723. The molecule has 0 heterocycles. The van der Waals surface area contributed by atoms with Gasteiger partial charge in [0.2, 0.25) is 0 Å². The zero-order chi connectivity index (χ0) is 10.9. The van der Waals surface area contributed by atoms with Crippen LogP contribution in [0.3, 0.4) is 0 Å². The Morgan fingerprint density at radius 3 is 1.86 bits per heavy atom. The van der Waals surface area contributed by atoms with Gasteiger partial charge in [-0.2, -0.15) is 0 Å². The van der Waals surface area contributed by atoms with E-state index in [-0.39, 0.29) is 11.5 Å². The van der Waals surface area contributed by atoms with Crippen LogP contribution in [0, 0.1) is 19.3 Å². The van der Waals surface area contributed by atoms with Crippen LogP contribution in [0.4, 0.5) is 0 Å². The second-order valence-electron chi connectivity index (χ2n) is 5.15. The summed E-state index contributed by atoms with van der Waals surface area (Å²) < 4.78 is 0. The van der Waals surface area contributed by atoms with Crippen molar-refractivity contribution in [2.24, 2.45) is 11.1 Å². The fraction of sp³-hybridized carbons (Fsp3) is 0.538. The van der Waals surface area contributed by atoms with Gasteiger partial charge in [0.15, 0.2) is 0 Å². The van der Waals surface area contributed by atoms with Crippen LogP contribution in [0.25, 0.3) is 0 Å². The molecular weight excluding hydrogens is 170 g/mol. The predicted octanol–water partition coefficient (Wildman–Crippen LogP) is 3.35. The summed E-state index contributed by atoms with van der Waals surface area (Å²) in [5.74, 6) is 0. The Kier molecular flexibility index (Phi) is 3.01. The highest BCUT2D eigenvalue weighted by atomic mass is 14.7. The number of hydrogen-bond acceptors (Lipinski definition) is 1. The van der Waals surface area contributed by atoms with E-state index in [1.165, 1.54) is 16.7 Å². The van der Waals surface area contributed by atoms with Crippen molar-refractivity contribution < 1.29 is 0 Å². The van der Waals surface area contributed by atoms with Gasteiger partial charge in [0.1, 0.15) is 0 Å². The van der Waals surface area contributed by atoms with E-state index in [1.807, 2.05) is 0 Å². The summed E-state index contributed by atoms with van der Waals surface area (Å²) in [6, 6.07) is 6.47. The summed E-state index contributed by atoms with van der Waals surface area (Å²) in [6.07, 6.45) is 0. The largest absolute Gasteiger partial charge is 0.323 e. The normalized spacial score (nSPS) is 14.1. The molecule has 0 fully saturated rings. The molecule has 0 amide bonds. The van der Waals surface area contributed by atoms with E-state index in [0.29, 0.717) is 0 Å². The molecule has 0 aliphatic rings. The summed E-state index contributed by atoms with van der Waals surface area (Å²) >= 11 is 0. The molecule has 0 radical (unpaired) electrons. The summed E-state index contributed by atoms with van der Waals surface area (Å²) in [4.78, 5) is 0. The zero-order valence-electron chi connectivity index (χ0n) is 9.89. The third-order valence-electron chi connectivity index (χ3n) is 2.79. The van der Waals surface area contributed by atoms with Gasteiger partial charge in [-0.25, -0.2) is 0 Å². The van der Waals surface area contributed by atoms with Gasteiger partial charge < -0.3 is 5.73 Å². The lowest BCUT2D eigenvalue weighted by Gasteiger charge is -2.30. The third-order valence-corrected chi connectivity index (χ3v) is 2.79. The van der Waals surface area contributed by atoms with Crippen molar-refractivity contribution in [3.63, 3.8) is 0 Å². The van der Waals surface area contributed by atoms with Gasteiger partial charge in [-0.3, -0.25) is 0 Å². The Bertz CT molecular complexity index is 300. The smallest absolute Gasteiger partial charge is 0.0349 e. The average Bonchev–Trinajstić information content (AvgIpc) is 2.01. The van der Waals surface area contributed by atoms with E-state index in [1.54, 1.807) is 0 Å². The molecule has 1 rings (SSSR count). The molecular formula is C13H21N. The molecule has 0 saturated carbocycles. The highest BCUT2D eigenvalue weighted by molar-refractivity contribution is 5.36. The first-order valence-corrected chi connectivity index (χ1v) is 5.15. The van der Waals surface area contributed by atoms with E-state index in [4.69, 9.17) is 5.73 Å². The topological polar surface area (TPSA) is 26.0 Å². The minimum Gasteiger partial charge on any atom is -0.323 e. The molecule has 1 aromatic rings. The highest BCUT2D eigenvalue weighted by Gasteiger charge is 2.24. The van der Waals surface area contributed by atoms with Crippen LogP contribution in [0.2, 0.25) is 0 Å². The number of nitrogens with two attached hydrogens (primary N) is 1. The first-order valence-electron chi connectivity index (χ1n) is 5.15. The first-order chi connectivity index (χ1) is 6.34. The van der Waals surface area contributed by atoms with Crippen molar-refractivity contribution in [2.45, 2.75) is 40.7 Å². The van der Waals surface area contributed by atoms with Gasteiger partial charge in [-0.15, -0.1) is 0 Å². The summed E-state index contributed by atoms with van der Waals surface area (Å²) in [5.41, 5.74) is 10.3. The van der Waals surface area contributed by atoms with Gasteiger partial charge in [0.25, 0.3) is 0 Å². The number of benzene rings is 1. The standard InChI is InChI=1S/C13H21N/c1-9-7-6-8-10(2)11(9)12(14)13(3,4)5/h6-8,12H,14H2,1-5H3/t12-/m0/s1. The second-order valence-corrected chi connectivity index (χ2v) is 5.15. The SMILES string of the molecule is Cc1cccc(C)c1[C@H](N)C(C)(C)C. The molecule has 1 atom stereocenters. The second kappa shape index (κ2) is 3.74. The lowest BCUT2D eigenvalue weighted by atomic mass is 9.80. The molecule has 0 aliphatic heterocycles. The van der Waals surface area contributed by atoms with E-state index in [9.17, 15) is 0 Å². The minimum absolute atomic E-state index is 0.115. The number of hydrogen-bond donors (Lipinski definition) is 1. The van der Waals surface area contributed by atoms with Crippen molar-refractivity contribution in [3.05, 3.63) is 34.9 Å². The van der Waals surface area contributed by atoms with Crippen molar-refractivity contribution in [1.82, 2.24) is 0 Å². The first kappa shape index (κ1) is 11.3. The fourth-order valence-corrected chi connectivity index (χ4v) is 1.75. The highest BCUT2D eigenvalue weighted by Crippen LogP contribution is 2.33. The van der Waals surface area contributed by atoms with Crippen molar-refractivity contribution in [2.75, 3.05) is 0 Å². The lowest BCUT2D eigenvalue weighted by molar-refractivity contribution is 0.325. The monoisotopic (exact) mass is 191 g/mol. The number of rotatable bonds is 1. The third kappa shape index (κ3) is 2.16. The molecule has 0 unspecified atom stereocenters. The molecule has 0 saturated heterocycles. The molecule has 1 nitrogen and oxygen atoms in total. The van der Waals surface area contributed by atoms with Crippen LogP contribution >= 0.6 is 0 Å². The van der Waals surface area contributed by atoms with Gasteiger partial charge in [0, 0.05) is 6.04 Å². The fourth-order valence-electron chi connectivity index (χ4n) is 1.75. The summed E-state index contributed by atoms with van der Waals surface area (Å²) in [5, 5.41) is 0. The van der Waals surface area contributed by atoms with Crippen LogP contribution in [0.5, 0.6) is 0 Å². The van der Waals surface area contributed by atoms with E-state index in [2.05, 4.69) is 52.8 Å². The molecule has 14 heavy (non-hydrogen) atoms. The van der Waals surface area contributed by atoms with E-state index < -0.39 is 0 Å². The molecule has 78 valence electrons. The number of aryl methyl sites for hydroxylation is 2. The Morgan fingerprint density at radius 2 is 1.50 bits per heavy atom. The van der Waals surface area contributed by atoms with E-state index >= 15 is 0 Å². The molecule has 0 spiro atoms. The van der Waals surface area contributed by atoms with Crippen LogP contribution < -0.4 is 5.73 Å². The van der Waals surface area contributed by atoms with Crippen LogP contribution in [-0.4, -0.2) is 0 Å². The van der Waals surface area contributed by atoms with Gasteiger partial charge >= 0.3 is 0 Å². The molecule has 0 aliphatic carbocycles. The summed E-state index contributed by atoms with van der Waals surface area (Å²) in [7, 11) is 0. The van der Waals surface area contributed by atoms with Crippen molar-refractivity contribution in [1.29, 1.82) is 0 Å². The van der Waals surface area contributed by atoms with Crippen LogP contribution in [0.1, 0.15) is 43.5 Å². The van der Waals surface area contributed by atoms with Gasteiger partial charge in [-0.05, 0) is 36.0 Å². The van der Waals surface area contributed by atoms with Crippen LogP contribution in [0.15, 0.2) is 18.2 Å².